The molecule has 0 radical (unpaired) electrons. The van der Waals surface area contributed by atoms with Crippen molar-refractivity contribution in [1.82, 2.24) is 5.43 Å². The molecule has 0 fully saturated rings. The molecule has 1 amide bonds. The first-order chi connectivity index (χ1) is 11.6. The van der Waals surface area contributed by atoms with E-state index in [0.717, 1.165) is 5.56 Å². The lowest BCUT2D eigenvalue weighted by Crippen LogP contribution is -2.17. The van der Waals surface area contributed by atoms with Crippen LogP contribution in [0.15, 0.2) is 41.5 Å². The van der Waals surface area contributed by atoms with Crippen LogP contribution in [0.3, 0.4) is 0 Å². The van der Waals surface area contributed by atoms with Crippen LogP contribution in [0.5, 0.6) is 17.2 Å². The molecule has 4 N–H and O–H groups in total. The minimum absolute atomic E-state index is 0. The lowest BCUT2D eigenvalue weighted by atomic mass is 10.1. The number of nitrogens with two attached hydrogens (primary N) is 1. The van der Waals surface area contributed by atoms with Gasteiger partial charge >= 0.3 is 0 Å². The molecule has 0 aliphatic heterocycles. The van der Waals surface area contributed by atoms with E-state index in [-0.39, 0.29) is 35.6 Å². The number of phenolic OH excluding ortho intramolecular Hbond substituents is 1. The summed E-state index contributed by atoms with van der Waals surface area (Å²) in [6.07, 6.45) is 1.43. The van der Waals surface area contributed by atoms with Crippen LogP contribution in [0.1, 0.15) is 21.5 Å². The van der Waals surface area contributed by atoms with Gasteiger partial charge in [-0.2, -0.15) is 5.10 Å². The molecule has 0 spiro atoms. The number of ether oxygens (including phenoxy) is 2. The van der Waals surface area contributed by atoms with Crippen molar-refractivity contribution in [3.8, 4) is 17.2 Å². The lowest BCUT2D eigenvalue weighted by Gasteiger charge is -2.09. The second kappa shape index (κ2) is 9.51. The second-order valence-electron chi connectivity index (χ2n) is 4.87. The maximum Gasteiger partial charge on any atom is 0.271 e. The van der Waals surface area contributed by atoms with Crippen LogP contribution in [0.2, 0.25) is 0 Å². The number of rotatable bonds is 6. The molecule has 2 rings (SSSR count). The fourth-order valence-corrected chi connectivity index (χ4v) is 2.01. The summed E-state index contributed by atoms with van der Waals surface area (Å²) >= 11 is 0. The van der Waals surface area contributed by atoms with Crippen molar-refractivity contribution in [2.45, 2.75) is 6.54 Å². The fourth-order valence-electron chi connectivity index (χ4n) is 2.01. The molecule has 0 bridgehead atoms. The molecule has 0 aliphatic carbocycles. The molecule has 0 atom stereocenters. The number of hydrazone groups is 1. The van der Waals surface area contributed by atoms with E-state index < -0.39 is 0 Å². The quantitative estimate of drug-likeness (QED) is 0.536. The van der Waals surface area contributed by atoms with Crippen LogP contribution < -0.4 is 20.6 Å². The summed E-state index contributed by atoms with van der Waals surface area (Å²) in [4.78, 5) is 12.0. The summed E-state index contributed by atoms with van der Waals surface area (Å²) in [5.74, 6) is 0.0627. The zero-order chi connectivity index (χ0) is 17.5. The number of benzene rings is 2. The van der Waals surface area contributed by atoms with Crippen LogP contribution in [-0.2, 0) is 6.54 Å². The Morgan fingerprint density at radius 3 is 2.24 bits per heavy atom. The number of hydrogen-bond acceptors (Lipinski definition) is 6. The normalized spacial score (nSPS) is 10.2. The number of carbonyl (C=O) groups excluding carboxylic acids is 1. The number of nitrogens with zero attached hydrogens (tertiary/aromatic N) is 1. The SMILES string of the molecule is COc1cc(C=NNC(=O)c2ccc(CN)cc2)cc(OC)c1O.Cl. The van der Waals surface area contributed by atoms with Crippen molar-refractivity contribution in [3.63, 3.8) is 0 Å². The second-order valence-corrected chi connectivity index (χ2v) is 4.87. The Balaban J connectivity index is 0.00000312. The molecule has 2 aromatic carbocycles. The smallest absolute Gasteiger partial charge is 0.271 e. The van der Waals surface area contributed by atoms with Gasteiger partial charge in [-0.25, -0.2) is 5.43 Å². The van der Waals surface area contributed by atoms with E-state index in [4.69, 9.17) is 15.2 Å². The van der Waals surface area contributed by atoms with Crippen molar-refractivity contribution < 1.29 is 19.4 Å². The first kappa shape index (κ1) is 20.3. The van der Waals surface area contributed by atoms with Gasteiger partial charge in [0.05, 0.1) is 20.4 Å². The van der Waals surface area contributed by atoms with Crippen LogP contribution >= 0.6 is 12.4 Å². The van der Waals surface area contributed by atoms with Crippen molar-refractivity contribution in [3.05, 3.63) is 53.1 Å². The molecular weight excluding hydrogens is 346 g/mol. The third-order valence-electron chi connectivity index (χ3n) is 3.33. The van der Waals surface area contributed by atoms with Crippen LogP contribution in [-0.4, -0.2) is 31.4 Å². The molecule has 0 aliphatic rings. The molecule has 134 valence electrons. The third-order valence-corrected chi connectivity index (χ3v) is 3.33. The number of hydrogen-bond donors (Lipinski definition) is 3. The Morgan fingerprint density at radius 2 is 1.76 bits per heavy atom. The molecule has 0 unspecified atom stereocenters. The van der Waals surface area contributed by atoms with Gasteiger partial charge in [0.25, 0.3) is 5.91 Å². The highest BCUT2D eigenvalue weighted by Gasteiger charge is 2.10. The van der Waals surface area contributed by atoms with Gasteiger partial charge in [-0.05, 0) is 29.8 Å². The molecule has 0 saturated carbocycles. The Labute approximate surface area is 151 Å². The number of amides is 1. The largest absolute Gasteiger partial charge is 0.502 e. The van der Waals surface area contributed by atoms with Gasteiger partial charge in [0.15, 0.2) is 11.5 Å². The van der Waals surface area contributed by atoms with Crippen LogP contribution in [0, 0.1) is 0 Å². The fraction of sp³-hybridized carbons (Fsp3) is 0.176. The first-order valence-electron chi connectivity index (χ1n) is 7.16. The average molecular weight is 366 g/mol. The zero-order valence-corrected chi connectivity index (χ0v) is 14.7. The maximum atomic E-state index is 12.0. The van der Waals surface area contributed by atoms with Crippen LogP contribution in [0.4, 0.5) is 0 Å². The highest BCUT2D eigenvalue weighted by atomic mass is 35.5. The summed E-state index contributed by atoms with van der Waals surface area (Å²) in [6, 6.07) is 10.1. The van der Waals surface area contributed by atoms with Gasteiger partial charge in [0.1, 0.15) is 0 Å². The third kappa shape index (κ3) is 5.10. The molecule has 0 saturated heterocycles. The van der Waals surface area contributed by atoms with E-state index in [1.54, 1.807) is 36.4 Å². The first-order valence-corrected chi connectivity index (χ1v) is 7.16. The highest BCUT2D eigenvalue weighted by molar-refractivity contribution is 5.95. The highest BCUT2D eigenvalue weighted by Crippen LogP contribution is 2.36. The predicted molar refractivity (Wildman–Crippen MR) is 97.9 cm³/mol. The number of methoxy groups -OCH3 is 2. The van der Waals surface area contributed by atoms with E-state index in [0.29, 0.717) is 17.7 Å². The van der Waals surface area contributed by atoms with E-state index in [2.05, 4.69) is 10.5 Å². The summed E-state index contributed by atoms with van der Waals surface area (Å²) in [5.41, 5.74) is 9.96. The number of halogens is 1. The molecule has 0 aromatic heterocycles. The predicted octanol–water partition coefficient (Wildman–Crippen LogP) is 2.05. The number of aromatic hydroxyl groups is 1. The van der Waals surface area contributed by atoms with Gasteiger partial charge < -0.3 is 20.3 Å². The Hall–Kier alpha value is -2.77. The van der Waals surface area contributed by atoms with Gasteiger partial charge in [-0.15, -0.1) is 12.4 Å². The zero-order valence-electron chi connectivity index (χ0n) is 13.9. The molecular formula is C17H20ClN3O4. The summed E-state index contributed by atoms with van der Waals surface area (Å²) in [5, 5.41) is 13.7. The summed E-state index contributed by atoms with van der Waals surface area (Å²) < 4.78 is 10.1. The van der Waals surface area contributed by atoms with Gasteiger partial charge in [0, 0.05) is 17.7 Å². The Kier molecular flexibility index (Phi) is 7.71. The van der Waals surface area contributed by atoms with Crippen molar-refractivity contribution in [1.29, 1.82) is 0 Å². The van der Waals surface area contributed by atoms with Crippen molar-refractivity contribution in [2.24, 2.45) is 10.8 Å². The van der Waals surface area contributed by atoms with E-state index in [9.17, 15) is 9.90 Å². The number of nitrogens with one attached hydrogen (secondary N) is 1. The average Bonchev–Trinajstić information content (AvgIpc) is 2.62. The molecule has 25 heavy (non-hydrogen) atoms. The monoisotopic (exact) mass is 365 g/mol. The number of carbonyl (C=O) groups is 1. The van der Waals surface area contributed by atoms with Gasteiger partial charge in [-0.3, -0.25) is 4.79 Å². The van der Waals surface area contributed by atoms with Crippen molar-refractivity contribution >= 4 is 24.5 Å². The summed E-state index contributed by atoms with van der Waals surface area (Å²) in [6.45, 7) is 0.421. The minimum Gasteiger partial charge on any atom is -0.502 e. The van der Waals surface area contributed by atoms with Crippen LogP contribution in [0.25, 0.3) is 0 Å². The molecule has 8 heteroatoms. The Morgan fingerprint density at radius 1 is 1.20 bits per heavy atom. The molecule has 2 aromatic rings. The topological polar surface area (TPSA) is 106 Å². The van der Waals surface area contributed by atoms with E-state index >= 15 is 0 Å². The van der Waals surface area contributed by atoms with Gasteiger partial charge in [0.2, 0.25) is 5.75 Å². The maximum absolute atomic E-state index is 12.0. The number of phenols is 1. The summed E-state index contributed by atoms with van der Waals surface area (Å²) in [7, 11) is 2.87. The standard InChI is InChI=1S/C17H19N3O4.ClH/c1-23-14-7-12(8-15(24-2)16(14)21)10-19-20-17(22)13-5-3-11(9-18)4-6-13;/h3-8,10,21H,9,18H2,1-2H3,(H,20,22);1H. The van der Waals surface area contributed by atoms with Gasteiger partial charge in [-0.1, -0.05) is 12.1 Å². The van der Waals surface area contributed by atoms with E-state index in [1.165, 1.54) is 20.4 Å². The Bertz CT molecular complexity index is 723. The van der Waals surface area contributed by atoms with Crippen molar-refractivity contribution in [2.75, 3.05) is 14.2 Å². The van der Waals surface area contributed by atoms with E-state index in [1.807, 2.05) is 0 Å². The lowest BCUT2D eigenvalue weighted by molar-refractivity contribution is 0.0955. The minimum atomic E-state index is -0.340. The molecule has 7 nitrogen and oxygen atoms in total. The molecule has 0 heterocycles.